The Labute approximate surface area is 204 Å². The van der Waals surface area contributed by atoms with Gasteiger partial charge < -0.3 is 19.9 Å². The van der Waals surface area contributed by atoms with Gasteiger partial charge in [0.15, 0.2) is 0 Å². The van der Waals surface area contributed by atoms with E-state index in [-0.39, 0.29) is 5.91 Å². The fourth-order valence-electron chi connectivity index (χ4n) is 3.21. The van der Waals surface area contributed by atoms with Crippen molar-refractivity contribution in [3.05, 3.63) is 70.8 Å². The highest BCUT2D eigenvalue weighted by Crippen LogP contribution is 2.08. The lowest BCUT2D eigenvalue weighted by Gasteiger charge is -2.18. The number of benzene rings is 2. The van der Waals surface area contributed by atoms with Crippen LogP contribution in [-0.4, -0.2) is 75.7 Å². The van der Waals surface area contributed by atoms with Crippen molar-refractivity contribution in [1.29, 1.82) is 5.26 Å². The molecule has 0 aliphatic carbocycles. The lowest BCUT2D eigenvalue weighted by Crippen LogP contribution is -2.29. The summed E-state index contributed by atoms with van der Waals surface area (Å²) in [5, 5.41) is 11.7. The van der Waals surface area contributed by atoms with E-state index in [2.05, 4.69) is 45.5 Å². The van der Waals surface area contributed by atoms with Gasteiger partial charge in [0, 0.05) is 32.1 Å². The number of aryl methyl sites for hydroxylation is 1. The van der Waals surface area contributed by atoms with E-state index in [9.17, 15) is 4.79 Å². The van der Waals surface area contributed by atoms with E-state index in [4.69, 9.17) is 10.1 Å². The van der Waals surface area contributed by atoms with Gasteiger partial charge in [-0.3, -0.25) is 9.79 Å². The number of rotatable bonds is 8. The minimum Gasteiger partial charge on any atom is -0.368 e. The molecule has 1 N–H and O–H groups in total. The fraction of sp³-hybridized carbons (Fsp3) is 0.407. The standard InChI is InChI=1S/C18H28N4O.C8H7N.CH2O/c1-21(2)13-4-5-17(23)22(3)14-10-15-6-8-16(9-7-15)18-19-11-12-20-18;1-7-2-4-8(6-9)5-3-7;1-2/h6-9H,4-5,10-14H2,1-3H3,(H,19,20);2-5H,1H3;1H2. The summed E-state index contributed by atoms with van der Waals surface area (Å²) >= 11 is 0. The summed E-state index contributed by atoms with van der Waals surface area (Å²) < 4.78 is 0. The molecule has 3 rings (SSSR count). The summed E-state index contributed by atoms with van der Waals surface area (Å²) in [6.07, 6.45) is 2.43. The Bertz CT molecular complexity index is 931. The molecule has 0 saturated heterocycles. The van der Waals surface area contributed by atoms with Crippen molar-refractivity contribution < 1.29 is 9.59 Å². The van der Waals surface area contributed by atoms with Crippen molar-refractivity contribution in [2.75, 3.05) is 47.3 Å². The highest BCUT2D eigenvalue weighted by Gasteiger charge is 2.10. The monoisotopic (exact) mass is 463 g/mol. The largest absolute Gasteiger partial charge is 0.368 e. The topological polar surface area (TPSA) is 88.8 Å². The maximum atomic E-state index is 12.1. The predicted octanol–water partition coefficient (Wildman–Crippen LogP) is 3.06. The van der Waals surface area contributed by atoms with Crippen LogP contribution in [0.5, 0.6) is 0 Å². The molecule has 0 fully saturated rings. The Morgan fingerprint density at radius 1 is 1.06 bits per heavy atom. The minimum absolute atomic E-state index is 0.230. The summed E-state index contributed by atoms with van der Waals surface area (Å²) in [5.74, 6) is 1.22. The molecule has 34 heavy (non-hydrogen) atoms. The van der Waals surface area contributed by atoms with Crippen LogP contribution in [-0.2, 0) is 16.0 Å². The number of carbonyl (C=O) groups is 2. The van der Waals surface area contributed by atoms with Crippen LogP contribution in [0.4, 0.5) is 0 Å². The molecular formula is C27H37N5O2. The number of carbonyl (C=O) groups excluding carboxylic acids is 2. The van der Waals surface area contributed by atoms with Crippen molar-refractivity contribution in [1.82, 2.24) is 15.1 Å². The molecule has 182 valence electrons. The molecule has 1 aliphatic heterocycles. The maximum Gasteiger partial charge on any atom is 0.222 e. The molecule has 0 bridgehead atoms. The van der Waals surface area contributed by atoms with Crippen LogP contribution in [0.2, 0.25) is 0 Å². The number of hydrogen-bond acceptors (Lipinski definition) is 6. The Balaban J connectivity index is 0.000000437. The average molecular weight is 464 g/mol. The molecule has 0 aromatic heterocycles. The second-order valence-electron chi connectivity index (χ2n) is 8.30. The normalized spacial score (nSPS) is 11.7. The smallest absolute Gasteiger partial charge is 0.222 e. The molecule has 2 aromatic carbocycles. The van der Waals surface area contributed by atoms with Crippen molar-refractivity contribution in [3.8, 4) is 6.07 Å². The van der Waals surface area contributed by atoms with E-state index in [0.717, 1.165) is 56.0 Å². The van der Waals surface area contributed by atoms with Gasteiger partial charge >= 0.3 is 0 Å². The van der Waals surface area contributed by atoms with E-state index in [0.29, 0.717) is 6.42 Å². The third-order valence-electron chi connectivity index (χ3n) is 5.24. The molecule has 0 unspecified atom stereocenters. The first-order valence-electron chi connectivity index (χ1n) is 11.4. The summed E-state index contributed by atoms with van der Waals surface area (Å²) in [4.78, 5) is 28.4. The summed E-state index contributed by atoms with van der Waals surface area (Å²) in [6, 6.07) is 18.0. The van der Waals surface area contributed by atoms with Gasteiger partial charge in [-0.05, 0) is 58.1 Å². The van der Waals surface area contributed by atoms with Crippen LogP contribution >= 0.6 is 0 Å². The van der Waals surface area contributed by atoms with Gasteiger partial charge in [-0.2, -0.15) is 5.26 Å². The van der Waals surface area contributed by atoms with Crippen LogP contribution in [0.3, 0.4) is 0 Å². The summed E-state index contributed by atoms with van der Waals surface area (Å²) in [6.45, 7) is 7.51. The first-order chi connectivity index (χ1) is 16.4. The van der Waals surface area contributed by atoms with E-state index in [1.807, 2.05) is 64.0 Å². The van der Waals surface area contributed by atoms with E-state index in [1.165, 1.54) is 11.1 Å². The third kappa shape index (κ3) is 10.9. The molecule has 7 nitrogen and oxygen atoms in total. The molecule has 1 aliphatic rings. The summed E-state index contributed by atoms with van der Waals surface area (Å²) in [7, 11) is 5.96. The van der Waals surface area contributed by atoms with E-state index >= 15 is 0 Å². The molecule has 0 saturated carbocycles. The fourth-order valence-corrected chi connectivity index (χ4v) is 3.21. The number of nitrogens with one attached hydrogen (secondary N) is 1. The number of amides is 1. The van der Waals surface area contributed by atoms with Gasteiger partial charge in [-0.15, -0.1) is 0 Å². The van der Waals surface area contributed by atoms with Gasteiger partial charge in [0.05, 0.1) is 18.2 Å². The van der Waals surface area contributed by atoms with Gasteiger partial charge in [0.1, 0.15) is 12.6 Å². The first kappa shape index (κ1) is 28.5. The van der Waals surface area contributed by atoms with Crippen LogP contribution in [0, 0.1) is 18.3 Å². The van der Waals surface area contributed by atoms with Gasteiger partial charge in [-0.1, -0.05) is 42.0 Å². The predicted molar refractivity (Wildman–Crippen MR) is 138 cm³/mol. The second kappa shape index (κ2) is 16.2. The van der Waals surface area contributed by atoms with Gasteiger partial charge in [-0.25, -0.2) is 0 Å². The number of amidine groups is 1. The number of aliphatic imine (C=N–C) groups is 1. The maximum absolute atomic E-state index is 12.1. The number of nitriles is 1. The quantitative estimate of drug-likeness (QED) is 0.650. The molecular weight excluding hydrogens is 426 g/mol. The molecule has 1 heterocycles. The lowest BCUT2D eigenvalue weighted by atomic mass is 10.1. The minimum atomic E-state index is 0.230. The van der Waals surface area contributed by atoms with E-state index in [1.54, 1.807) is 0 Å². The van der Waals surface area contributed by atoms with Gasteiger partial charge in [0.2, 0.25) is 5.91 Å². The Morgan fingerprint density at radius 3 is 2.24 bits per heavy atom. The van der Waals surface area contributed by atoms with Crippen LogP contribution in [0.15, 0.2) is 53.5 Å². The average Bonchev–Trinajstić information content (AvgIpc) is 3.40. The van der Waals surface area contributed by atoms with Crippen molar-refractivity contribution >= 4 is 18.5 Å². The molecule has 1 amide bonds. The zero-order valence-electron chi connectivity index (χ0n) is 20.9. The second-order valence-corrected chi connectivity index (χ2v) is 8.30. The molecule has 0 atom stereocenters. The Morgan fingerprint density at radius 2 is 1.71 bits per heavy atom. The van der Waals surface area contributed by atoms with Crippen molar-refractivity contribution in [2.24, 2.45) is 4.99 Å². The lowest BCUT2D eigenvalue weighted by molar-refractivity contribution is -0.130. The van der Waals surface area contributed by atoms with Crippen molar-refractivity contribution in [2.45, 2.75) is 26.2 Å². The zero-order valence-corrected chi connectivity index (χ0v) is 20.9. The summed E-state index contributed by atoms with van der Waals surface area (Å²) in [5.41, 5.74) is 4.30. The number of nitrogens with zero attached hydrogens (tertiary/aromatic N) is 4. The van der Waals surface area contributed by atoms with Crippen molar-refractivity contribution in [3.63, 3.8) is 0 Å². The zero-order chi connectivity index (χ0) is 25.3. The van der Waals surface area contributed by atoms with Crippen LogP contribution < -0.4 is 5.32 Å². The van der Waals surface area contributed by atoms with Crippen LogP contribution in [0.25, 0.3) is 0 Å². The van der Waals surface area contributed by atoms with Crippen LogP contribution in [0.1, 0.15) is 35.1 Å². The SMILES string of the molecule is C=O.CN(C)CCCC(=O)N(C)CCc1ccc(C2=NCCN2)cc1.Cc1ccc(C#N)cc1. The van der Waals surface area contributed by atoms with Gasteiger partial charge in [0.25, 0.3) is 0 Å². The molecule has 2 aromatic rings. The highest BCUT2D eigenvalue weighted by molar-refractivity contribution is 5.99. The number of hydrogen-bond donors (Lipinski definition) is 1. The molecule has 0 spiro atoms. The molecule has 0 radical (unpaired) electrons. The number of likely N-dealkylation sites (N-methyl/N-ethyl adjacent to an activating group) is 1. The first-order valence-corrected chi connectivity index (χ1v) is 11.4. The third-order valence-corrected chi connectivity index (χ3v) is 5.24. The van der Waals surface area contributed by atoms with E-state index < -0.39 is 0 Å². The highest BCUT2D eigenvalue weighted by atomic mass is 16.2. The molecule has 7 heteroatoms. The Hall–Kier alpha value is -3.50. The Kier molecular flexibility index (Phi) is 13.6.